The minimum Gasteiger partial charge on any atom is -0.467 e. The number of ether oxygens (including phenoxy) is 1. The molecule has 128 valence electrons. The normalized spacial score (nSPS) is 21.6. The second kappa shape index (κ2) is 7.92. The maximum Gasteiger partial charge on any atom is 0.316 e. The summed E-state index contributed by atoms with van der Waals surface area (Å²) in [7, 11) is 1.56. The molecule has 0 amide bonds. The average Bonchev–Trinajstić information content (AvgIpc) is 2.60. The third kappa shape index (κ3) is 4.44. The van der Waals surface area contributed by atoms with Crippen LogP contribution in [-0.4, -0.2) is 46.3 Å². The van der Waals surface area contributed by atoms with Gasteiger partial charge in [-0.05, 0) is 30.5 Å². The Labute approximate surface area is 147 Å². The van der Waals surface area contributed by atoms with Gasteiger partial charge < -0.3 is 9.84 Å². The Hall–Kier alpha value is -1.69. The highest BCUT2D eigenvalue weighted by molar-refractivity contribution is 6.30. The van der Waals surface area contributed by atoms with Gasteiger partial charge in [0.15, 0.2) is 0 Å². The number of nitrogens with zero attached hydrogens (tertiary/aromatic N) is 3. The topological polar surface area (TPSA) is 58.5 Å². The molecule has 1 N–H and O–H groups in total. The second-order valence-corrected chi connectivity index (χ2v) is 6.70. The maximum atomic E-state index is 10.3. The molecule has 0 bridgehead atoms. The van der Waals surface area contributed by atoms with Gasteiger partial charge in [0.05, 0.1) is 13.2 Å². The molecule has 0 spiro atoms. The minimum absolute atomic E-state index is 0.221. The van der Waals surface area contributed by atoms with Gasteiger partial charge in [0.1, 0.15) is 0 Å². The number of aromatic nitrogens is 2. The SMILES string of the molecule is COc1ncc(CN2CC[C@@H](O)[C@H](Cc3ccc(Cl)cc3)C2)cn1. The number of aliphatic hydroxyl groups is 1. The van der Waals surface area contributed by atoms with Crippen LogP contribution in [0.1, 0.15) is 17.5 Å². The first-order chi connectivity index (χ1) is 11.6. The lowest BCUT2D eigenvalue weighted by Crippen LogP contribution is -2.43. The molecule has 24 heavy (non-hydrogen) atoms. The van der Waals surface area contributed by atoms with Gasteiger partial charge in [-0.25, -0.2) is 9.97 Å². The molecule has 1 aliphatic heterocycles. The van der Waals surface area contributed by atoms with Crippen LogP contribution >= 0.6 is 11.6 Å². The molecule has 5 nitrogen and oxygen atoms in total. The predicted molar refractivity (Wildman–Crippen MR) is 93.1 cm³/mol. The van der Waals surface area contributed by atoms with Crippen LogP contribution in [0.25, 0.3) is 0 Å². The quantitative estimate of drug-likeness (QED) is 0.900. The van der Waals surface area contributed by atoms with E-state index in [0.717, 1.165) is 43.1 Å². The highest BCUT2D eigenvalue weighted by Crippen LogP contribution is 2.23. The number of methoxy groups -OCH3 is 1. The molecule has 1 aliphatic rings. The lowest BCUT2D eigenvalue weighted by atomic mass is 9.88. The van der Waals surface area contributed by atoms with Crippen LogP contribution in [0.5, 0.6) is 6.01 Å². The molecular weight excluding hydrogens is 326 g/mol. The van der Waals surface area contributed by atoms with E-state index in [-0.39, 0.29) is 12.0 Å². The Bertz CT molecular complexity index is 648. The highest BCUT2D eigenvalue weighted by Gasteiger charge is 2.27. The molecule has 1 fully saturated rings. The van der Waals surface area contributed by atoms with Crippen LogP contribution in [0.3, 0.4) is 0 Å². The predicted octanol–water partition coefficient (Wildman–Crippen LogP) is 2.56. The summed E-state index contributed by atoms with van der Waals surface area (Å²) in [6, 6.07) is 8.25. The van der Waals surface area contributed by atoms with Gasteiger partial charge in [0.2, 0.25) is 0 Å². The molecule has 2 aromatic rings. The summed E-state index contributed by atoms with van der Waals surface area (Å²) < 4.78 is 4.99. The largest absolute Gasteiger partial charge is 0.467 e. The standard InChI is InChI=1S/C18H22ClN3O2/c1-24-18-20-9-14(10-21-18)11-22-7-6-17(23)15(12-22)8-13-2-4-16(19)5-3-13/h2-5,9-10,15,17,23H,6-8,11-12H2,1H3/t15-,17-/m1/s1. The average molecular weight is 348 g/mol. The molecule has 1 saturated heterocycles. The zero-order valence-corrected chi connectivity index (χ0v) is 14.5. The van der Waals surface area contributed by atoms with Gasteiger partial charge in [-0.15, -0.1) is 0 Å². The first-order valence-corrected chi connectivity index (χ1v) is 8.51. The molecule has 1 aromatic carbocycles. The van der Waals surface area contributed by atoms with Crippen LogP contribution in [0.2, 0.25) is 5.02 Å². The zero-order chi connectivity index (χ0) is 16.9. The molecular formula is C18H22ClN3O2. The van der Waals surface area contributed by atoms with Crippen molar-refractivity contribution < 1.29 is 9.84 Å². The summed E-state index contributed by atoms with van der Waals surface area (Å²) in [6.07, 6.45) is 4.98. The number of benzene rings is 1. The number of hydrogen-bond donors (Lipinski definition) is 1. The van der Waals surface area contributed by atoms with E-state index in [2.05, 4.69) is 14.9 Å². The van der Waals surface area contributed by atoms with Crippen molar-refractivity contribution in [3.8, 4) is 6.01 Å². The van der Waals surface area contributed by atoms with E-state index >= 15 is 0 Å². The first-order valence-electron chi connectivity index (χ1n) is 8.14. The van der Waals surface area contributed by atoms with Gasteiger partial charge in [-0.2, -0.15) is 0 Å². The van der Waals surface area contributed by atoms with Gasteiger partial charge in [0, 0.05) is 48.5 Å². The number of halogens is 1. The Kier molecular flexibility index (Phi) is 5.66. The lowest BCUT2D eigenvalue weighted by molar-refractivity contribution is 0.0238. The van der Waals surface area contributed by atoms with Crippen molar-refractivity contribution in [3.63, 3.8) is 0 Å². The summed E-state index contributed by atoms with van der Waals surface area (Å²) in [5.41, 5.74) is 2.26. The molecule has 1 aromatic heterocycles. The van der Waals surface area contributed by atoms with Crippen molar-refractivity contribution >= 4 is 11.6 Å². The van der Waals surface area contributed by atoms with Crippen molar-refractivity contribution in [2.75, 3.05) is 20.2 Å². The van der Waals surface area contributed by atoms with Gasteiger partial charge >= 0.3 is 6.01 Å². The summed E-state index contributed by atoms with van der Waals surface area (Å²) in [5.74, 6) is 0.221. The summed E-state index contributed by atoms with van der Waals surface area (Å²) in [6.45, 7) is 2.52. The van der Waals surface area contributed by atoms with E-state index in [1.807, 2.05) is 24.3 Å². The van der Waals surface area contributed by atoms with Crippen molar-refractivity contribution in [2.24, 2.45) is 5.92 Å². The summed E-state index contributed by atoms with van der Waals surface area (Å²) in [4.78, 5) is 10.6. The van der Waals surface area contributed by atoms with Crippen molar-refractivity contribution in [3.05, 3.63) is 52.8 Å². The van der Waals surface area contributed by atoms with Gasteiger partial charge in [-0.3, -0.25) is 4.90 Å². The number of hydrogen-bond acceptors (Lipinski definition) is 5. The van der Waals surface area contributed by atoms with Gasteiger partial charge in [0.25, 0.3) is 0 Å². The molecule has 0 saturated carbocycles. The molecule has 0 aliphatic carbocycles. The number of piperidine rings is 1. The molecule has 0 radical (unpaired) electrons. The van der Waals surface area contributed by atoms with E-state index in [1.54, 1.807) is 19.5 Å². The molecule has 2 heterocycles. The number of rotatable bonds is 5. The molecule has 2 atom stereocenters. The summed E-state index contributed by atoms with van der Waals surface area (Å²) in [5, 5.41) is 11.1. The Morgan fingerprint density at radius 3 is 2.58 bits per heavy atom. The van der Waals surface area contributed by atoms with Crippen LogP contribution in [0.4, 0.5) is 0 Å². The third-order valence-electron chi connectivity index (χ3n) is 4.46. The zero-order valence-electron chi connectivity index (χ0n) is 13.7. The maximum absolute atomic E-state index is 10.3. The number of likely N-dealkylation sites (tertiary alicyclic amines) is 1. The van der Waals surface area contributed by atoms with E-state index in [4.69, 9.17) is 16.3 Å². The second-order valence-electron chi connectivity index (χ2n) is 6.26. The van der Waals surface area contributed by atoms with Crippen LogP contribution < -0.4 is 4.74 Å². The highest BCUT2D eigenvalue weighted by atomic mass is 35.5. The van der Waals surface area contributed by atoms with Crippen LogP contribution in [0, 0.1) is 5.92 Å². The van der Waals surface area contributed by atoms with E-state index in [9.17, 15) is 5.11 Å². The van der Waals surface area contributed by atoms with Crippen molar-refractivity contribution in [1.29, 1.82) is 0 Å². The fraction of sp³-hybridized carbons (Fsp3) is 0.444. The Morgan fingerprint density at radius 1 is 1.21 bits per heavy atom. The monoisotopic (exact) mass is 347 g/mol. The van der Waals surface area contributed by atoms with E-state index in [1.165, 1.54) is 5.56 Å². The van der Waals surface area contributed by atoms with Crippen LogP contribution in [0.15, 0.2) is 36.7 Å². The molecule has 0 unspecified atom stereocenters. The third-order valence-corrected chi connectivity index (χ3v) is 4.71. The van der Waals surface area contributed by atoms with E-state index < -0.39 is 0 Å². The van der Waals surface area contributed by atoms with Crippen LogP contribution in [-0.2, 0) is 13.0 Å². The van der Waals surface area contributed by atoms with Crippen molar-refractivity contribution in [1.82, 2.24) is 14.9 Å². The summed E-state index contributed by atoms with van der Waals surface area (Å²) >= 11 is 5.94. The fourth-order valence-corrected chi connectivity index (χ4v) is 3.28. The smallest absolute Gasteiger partial charge is 0.316 e. The Balaban J connectivity index is 1.60. The van der Waals surface area contributed by atoms with E-state index in [0.29, 0.717) is 6.01 Å². The molecule has 3 rings (SSSR count). The lowest BCUT2D eigenvalue weighted by Gasteiger charge is -2.36. The molecule has 6 heteroatoms. The fourth-order valence-electron chi connectivity index (χ4n) is 3.15. The van der Waals surface area contributed by atoms with Gasteiger partial charge in [-0.1, -0.05) is 23.7 Å². The van der Waals surface area contributed by atoms with Crippen molar-refractivity contribution in [2.45, 2.75) is 25.5 Å². The number of aliphatic hydroxyl groups excluding tert-OH is 1. The minimum atomic E-state index is -0.260. The first kappa shape index (κ1) is 17.1. The Morgan fingerprint density at radius 2 is 1.92 bits per heavy atom.